The molecule has 0 aliphatic heterocycles. The number of benzene rings is 2. The molecule has 28 heavy (non-hydrogen) atoms. The van der Waals surface area contributed by atoms with E-state index in [1.165, 1.54) is 0 Å². The molecule has 0 unspecified atom stereocenters. The number of ether oxygens (including phenoxy) is 3. The van der Waals surface area contributed by atoms with Crippen LogP contribution in [0.2, 0.25) is 0 Å². The molecule has 1 heterocycles. The monoisotopic (exact) mass is 380 g/mol. The van der Waals surface area contributed by atoms with Crippen LogP contribution in [-0.4, -0.2) is 35.6 Å². The third-order valence-corrected chi connectivity index (χ3v) is 3.92. The number of carbonyl (C=O) groups is 1. The van der Waals surface area contributed by atoms with Gasteiger partial charge in [-0.05, 0) is 42.8 Å². The minimum Gasteiger partial charge on any atom is -0.494 e. The number of esters is 1. The molecule has 6 nitrogen and oxygen atoms in total. The molecular weight excluding hydrogens is 356 g/mol. The molecule has 0 radical (unpaired) electrons. The van der Waals surface area contributed by atoms with Gasteiger partial charge in [0.1, 0.15) is 24.7 Å². The standard InChI is InChI=1S/C22H24N2O4/c1-2-12-26-20-8-10-21(11-9-20)27-13-14-28-22(25)15-18-16-23-24(17-18)19-6-4-3-5-7-19/h3-11,16-17H,2,12-15H2,1H3. The Labute approximate surface area is 164 Å². The first-order valence-corrected chi connectivity index (χ1v) is 9.35. The van der Waals surface area contributed by atoms with Crippen molar-refractivity contribution in [3.05, 3.63) is 72.6 Å². The number of carbonyl (C=O) groups excluding carboxylic acids is 1. The third kappa shape index (κ3) is 5.87. The first-order valence-electron chi connectivity index (χ1n) is 9.35. The third-order valence-electron chi connectivity index (χ3n) is 3.92. The van der Waals surface area contributed by atoms with E-state index >= 15 is 0 Å². The molecule has 0 saturated carbocycles. The summed E-state index contributed by atoms with van der Waals surface area (Å²) >= 11 is 0. The first kappa shape index (κ1) is 19.5. The number of nitrogens with zero attached hydrogens (tertiary/aromatic N) is 2. The highest BCUT2D eigenvalue weighted by Crippen LogP contribution is 2.17. The fourth-order valence-corrected chi connectivity index (χ4v) is 2.56. The summed E-state index contributed by atoms with van der Waals surface area (Å²) < 4.78 is 18.1. The van der Waals surface area contributed by atoms with Crippen LogP contribution in [0, 0.1) is 0 Å². The van der Waals surface area contributed by atoms with E-state index in [1.807, 2.05) is 60.8 Å². The van der Waals surface area contributed by atoms with Crippen LogP contribution in [0.25, 0.3) is 5.69 Å². The van der Waals surface area contributed by atoms with Crippen LogP contribution in [0.1, 0.15) is 18.9 Å². The predicted molar refractivity (Wildman–Crippen MR) is 106 cm³/mol. The second-order valence-electron chi connectivity index (χ2n) is 6.19. The van der Waals surface area contributed by atoms with Gasteiger partial charge in [-0.15, -0.1) is 0 Å². The molecule has 2 aromatic carbocycles. The molecule has 0 saturated heterocycles. The average Bonchev–Trinajstić information content (AvgIpc) is 3.19. The van der Waals surface area contributed by atoms with Gasteiger partial charge in [-0.25, -0.2) is 4.68 Å². The van der Waals surface area contributed by atoms with Gasteiger partial charge in [-0.1, -0.05) is 25.1 Å². The summed E-state index contributed by atoms with van der Waals surface area (Å²) in [6.07, 6.45) is 4.65. The lowest BCUT2D eigenvalue weighted by molar-refractivity contribution is -0.143. The Morgan fingerprint density at radius 2 is 1.61 bits per heavy atom. The van der Waals surface area contributed by atoms with E-state index in [0.29, 0.717) is 19.0 Å². The van der Waals surface area contributed by atoms with E-state index in [0.717, 1.165) is 23.4 Å². The maximum atomic E-state index is 12.0. The molecule has 146 valence electrons. The quantitative estimate of drug-likeness (QED) is 0.395. The van der Waals surface area contributed by atoms with E-state index in [9.17, 15) is 4.79 Å². The van der Waals surface area contributed by atoms with Gasteiger partial charge in [0.05, 0.1) is 24.9 Å². The van der Waals surface area contributed by atoms with Crippen LogP contribution in [0.3, 0.4) is 0 Å². The Morgan fingerprint density at radius 3 is 2.29 bits per heavy atom. The van der Waals surface area contributed by atoms with Gasteiger partial charge in [0.2, 0.25) is 0 Å². The highest BCUT2D eigenvalue weighted by atomic mass is 16.6. The second kappa shape index (κ2) is 10.2. The highest BCUT2D eigenvalue weighted by molar-refractivity contribution is 5.72. The van der Waals surface area contributed by atoms with Crippen molar-refractivity contribution >= 4 is 5.97 Å². The van der Waals surface area contributed by atoms with E-state index < -0.39 is 0 Å². The summed E-state index contributed by atoms with van der Waals surface area (Å²) in [6.45, 7) is 3.25. The Hall–Kier alpha value is -3.28. The van der Waals surface area contributed by atoms with Crippen molar-refractivity contribution in [2.24, 2.45) is 0 Å². The second-order valence-corrected chi connectivity index (χ2v) is 6.19. The summed E-state index contributed by atoms with van der Waals surface area (Å²) in [5.74, 6) is 1.22. The largest absolute Gasteiger partial charge is 0.494 e. The Balaban J connectivity index is 1.37. The topological polar surface area (TPSA) is 62.6 Å². The Morgan fingerprint density at radius 1 is 0.929 bits per heavy atom. The van der Waals surface area contributed by atoms with Gasteiger partial charge < -0.3 is 14.2 Å². The minimum absolute atomic E-state index is 0.177. The summed E-state index contributed by atoms with van der Waals surface area (Å²) in [4.78, 5) is 12.0. The molecule has 0 N–H and O–H groups in total. The van der Waals surface area contributed by atoms with Crippen LogP contribution in [-0.2, 0) is 16.0 Å². The molecule has 3 aromatic rings. The lowest BCUT2D eigenvalue weighted by Crippen LogP contribution is -2.13. The van der Waals surface area contributed by atoms with E-state index in [4.69, 9.17) is 14.2 Å². The zero-order chi connectivity index (χ0) is 19.6. The Bertz CT molecular complexity index is 860. The van der Waals surface area contributed by atoms with Crippen molar-refractivity contribution in [2.45, 2.75) is 19.8 Å². The normalized spacial score (nSPS) is 10.5. The summed E-state index contributed by atoms with van der Waals surface area (Å²) in [7, 11) is 0. The average molecular weight is 380 g/mol. The molecule has 3 rings (SSSR count). The Kier molecular flexibility index (Phi) is 7.07. The van der Waals surface area contributed by atoms with Gasteiger partial charge in [0.25, 0.3) is 0 Å². The number of hydrogen-bond donors (Lipinski definition) is 0. The molecule has 0 amide bonds. The zero-order valence-electron chi connectivity index (χ0n) is 15.9. The molecule has 6 heteroatoms. The number of hydrogen-bond acceptors (Lipinski definition) is 5. The summed E-state index contributed by atoms with van der Waals surface area (Å²) in [5.41, 5.74) is 1.75. The van der Waals surface area contributed by atoms with Crippen LogP contribution < -0.4 is 9.47 Å². The van der Waals surface area contributed by atoms with Crippen LogP contribution in [0.15, 0.2) is 67.0 Å². The molecule has 0 bridgehead atoms. The van der Waals surface area contributed by atoms with Gasteiger partial charge in [-0.2, -0.15) is 5.10 Å². The van der Waals surface area contributed by atoms with Crippen molar-refractivity contribution < 1.29 is 19.0 Å². The minimum atomic E-state index is -0.306. The highest BCUT2D eigenvalue weighted by Gasteiger charge is 2.08. The van der Waals surface area contributed by atoms with Crippen LogP contribution in [0.4, 0.5) is 0 Å². The van der Waals surface area contributed by atoms with Crippen molar-refractivity contribution in [2.75, 3.05) is 19.8 Å². The van der Waals surface area contributed by atoms with Gasteiger partial charge in [0.15, 0.2) is 0 Å². The zero-order valence-corrected chi connectivity index (χ0v) is 15.9. The van der Waals surface area contributed by atoms with Gasteiger partial charge in [-0.3, -0.25) is 4.79 Å². The maximum absolute atomic E-state index is 12.0. The van der Waals surface area contributed by atoms with Crippen molar-refractivity contribution in [3.8, 4) is 17.2 Å². The molecule has 0 fully saturated rings. The van der Waals surface area contributed by atoms with Gasteiger partial charge >= 0.3 is 5.97 Å². The lowest BCUT2D eigenvalue weighted by Gasteiger charge is -2.08. The number of para-hydroxylation sites is 1. The molecule has 0 atom stereocenters. The van der Waals surface area contributed by atoms with E-state index in [2.05, 4.69) is 12.0 Å². The fourth-order valence-electron chi connectivity index (χ4n) is 2.56. The van der Waals surface area contributed by atoms with Crippen LogP contribution in [0.5, 0.6) is 11.5 Å². The number of rotatable bonds is 10. The van der Waals surface area contributed by atoms with Gasteiger partial charge in [0, 0.05) is 11.8 Å². The molecule has 0 aliphatic carbocycles. The predicted octanol–water partition coefficient (Wildman–Crippen LogP) is 3.83. The lowest BCUT2D eigenvalue weighted by atomic mass is 10.2. The van der Waals surface area contributed by atoms with Crippen molar-refractivity contribution in [1.82, 2.24) is 9.78 Å². The first-order chi connectivity index (χ1) is 13.7. The molecule has 1 aromatic heterocycles. The summed E-state index contributed by atoms with van der Waals surface area (Å²) in [6, 6.07) is 17.1. The SMILES string of the molecule is CCCOc1ccc(OCCOC(=O)Cc2cnn(-c3ccccc3)c2)cc1. The molecule has 0 spiro atoms. The van der Waals surface area contributed by atoms with Crippen LogP contribution >= 0.6 is 0 Å². The van der Waals surface area contributed by atoms with Crippen molar-refractivity contribution in [3.63, 3.8) is 0 Å². The molecule has 0 aliphatic rings. The smallest absolute Gasteiger partial charge is 0.310 e. The van der Waals surface area contributed by atoms with E-state index in [1.54, 1.807) is 10.9 Å². The maximum Gasteiger partial charge on any atom is 0.310 e. The number of aromatic nitrogens is 2. The molecular formula is C22H24N2O4. The fraction of sp³-hybridized carbons (Fsp3) is 0.273. The van der Waals surface area contributed by atoms with E-state index in [-0.39, 0.29) is 19.0 Å². The van der Waals surface area contributed by atoms with Crippen molar-refractivity contribution in [1.29, 1.82) is 0 Å². The summed E-state index contributed by atoms with van der Waals surface area (Å²) in [5, 5.41) is 4.28.